The van der Waals surface area contributed by atoms with Crippen LogP contribution in [0.4, 0.5) is 11.6 Å². The standard InChI is InChI=1S/C11H19N5S/c1-11(2)4-5-16(7-11)9-6-8(15-12)13-10(14-9)17-3/h6H,4-5,7,12H2,1-3H3,(H,13,14,15). The lowest BCUT2D eigenvalue weighted by Crippen LogP contribution is -2.24. The lowest BCUT2D eigenvalue weighted by Gasteiger charge is -2.21. The van der Waals surface area contributed by atoms with Crippen molar-refractivity contribution >= 4 is 23.4 Å². The zero-order valence-electron chi connectivity index (χ0n) is 10.5. The van der Waals surface area contributed by atoms with Gasteiger partial charge in [0.25, 0.3) is 0 Å². The SMILES string of the molecule is CSc1nc(NN)cc(N2CCC(C)(C)C2)n1. The fraction of sp³-hybridized carbons (Fsp3) is 0.636. The summed E-state index contributed by atoms with van der Waals surface area (Å²) in [5.74, 6) is 7.06. The third-order valence-electron chi connectivity index (χ3n) is 3.02. The summed E-state index contributed by atoms with van der Waals surface area (Å²) in [6.07, 6.45) is 3.16. The van der Waals surface area contributed by atoms with Gasteiger partial charge in [-0.15, -0.1) is 0 Å². The molecule has 0 amide bonds. The summed E-state index contributed by atoms with van der Waals surface area (Å²) in [6.45, 7) is 6.64. The van der Waals surface area contributed by atoms with Crippen molar-refractivity contribution in [2.75, 3.05) is 29.7 Å². The van der Waals surface area contributed by atoms with Crippen LogP contribution in [0.1, 0.15) is 20.3 Å². The molecule has 0 radical (unpaired) electrons. The fourth-order valence-electron chi connectivity index (χ4n) is 2.05. The summed E-state index contributed by atoms with van der Waals surface area (Å²) < 4.78 is 0. The molecule has 1 aromatic heterocycles. The highest BCUT2D eigenvalue weighted by atomic mass is 32.2. The van der Waals surface area contributed by atoms with Gasteiger partial charge in [-0.3, -0.25) is 0 Å². The second-order valence-corrected chi connectivity index (χ2v) is 5.85. The van der Waals surface area contributed by atoms with Crippen molar-refractivity contribution in [1.29, 1.82) is 0 Å². The minimum Gasteiger partial charge on any atom is -0.356 e. The Morgan fingerprint density at radius 1 is 1.47 bits per heavy atom. The van der Waals surface area contributed by atoms with Gasteiger partial charge in [0.15, 0.2) is 5.16 Å². The molecule has 0 atom stereocenters. The molecule has 3 N–H and O–H groups in total. The first-order chi connectivity index (χ1) is 8.04. The van der Waals surface area contributed by atoms with Crippen LogP contribution in [0.2, 0.25) is 0 Å². The Balaban J connectivity index is 2.26. The van der Waals surface area contributed by atoms with E-state index in [-0.39, 0.29) is 0 Å². The van der Waals surface area contributed by atoms with Crippen LogP contribution >= 0.6 is 11.8 Å². The number of nitrogens with zero attached hydrogens (tertiary/aromatic N) is 3. The van der Waals surface area contributed by atoms with Crippen LogP contribution in [0.3, 0.4) is 0 Å². The zero-order valence-corrected chi connectivity index (χ0v) is 11.3. The quantitative estimate of drug-likeness (QED) is 0.370. The minimum atomic E-state index is 0.362. The molecule has 1 fully saturated rings. The van der Waals surface area contributed by atoms with Crippen molar-refractivity contribution in [2.24, 2.45) is 11.3 Å². The van der Waals surface area contributed by atoms with Gasteiger partial charge in [-0.1, -0.05) is 25.6 Å². The topological polar surface area (TPSA) is 67.1 Å². The van der Waals surface area contributed by atoms with E-state index in [4.69, 9.17) is 5.84 Å². The van der Waals surface area contributed by atoms with Crippen LogP contribution in [-0.2, 0) is 0 Å². The number of aromatic nitrogens is 2. The van der Waals surface area contributed by atoms with Crippen LogP contribution in [0.15, 0.2) is 11.2 Å². The van der Waals surface area contributed by atoms with Gasteiger partial charge < -0.3 is 10.3 Å². The summed E-state index contributed by atoms with van der Waals surface area (Å²) in [7, 11) is 0. The van der Waals surface area contributed by atoms with Gasteiger partial charge in [-0.05, 0) is 18.1 Å². The van der Waals surface area contributed by atoms with Gasteiger partial charge in [-0.2, -0.15) is 0 Å². The highest BCUT2D eigenvalue weighted by molar-refractivity contribution is 7.98. The van der Waals surface area contributed by atoms with Crippen LogP contribution in [-0.4, -0.2) is 29.3 Å². The van der Waals surface area contributed by atoms with Gasteiger partial charge in [0.1, 0.15) is 11.6 Å². The van der Waals surface area contributed by atoms with E-state index in [0.717, 1.165) is 24.1 Å². The Kier molecular flexibility index (Phi) is 3.44. The monoisotopic (exact) mass is 253 g/mol. The average Bonchev–Trinajstić information content (AvgIpc) is 2.69. The summed E-state index contributed by atoms with van der Waals surface area (Å²) in [6, 6.07) is 1.90. The summed E-state index contributed by atoms with van der Waals surface area (Å²) in [4.78, 5) is 11.1. The average molecular weight is 253 g/mol. The number of hydrazine groups is 1. The van der Waals surface area contributed by atoms with Crippen LogP contribution in [0, 0.1) is 5.41 Å². The van der Waals surface area contributed by atoms with E-state index in [0.29, 0.717) is 11.2 Å². The maximum absolute atomic E-state index is 5.43. The van der Waals surface area contributed by atoms with Crippen LogP contribution < -0.4 is 16.2 Å². The second kappa shape index (κ2) is 4.70. The molecule has 0 aromatic carbocycles. The lowest BCUT2D eigenvalue weighted by atomic mass is 9.93. The van der Waals surface area contributed by atoms with E-state index in [1.165, 1.54) is 18.2 Å². The van der Waals surface area contributed by atoms with E-state index in [9.17, 15) is 0 Å². The number of hydrogen-bond donors (Lipinski definition) is 2. The zero-order chi connectivity index (χ0) is 12.5. The molecule has 0 bridgehead atoms. The summed E-state index contributed by atoms with van der Waals surface area (Å²) in [5.41, 5.74) is 2.96. The number of nitrogen functional groups attached to an aromatic ring is 1. The molecule has 1 aliphatic rings. The second-order valence-electron chi connectivity index (χ2n) is 5.08. The van der Waals surface area contributed by atoms with E-state index >= 15 is 0 Å². The minimum absolute atomic E-state index is 0.362. The Labute approximate surface area is 106 Å². The Hall–Kier alpha value is -1.01. The molecule has 1 saturated heterocycles. The van der Waals surface area contributed by atoms with Gasteiger partial charge in [0.05, 0.1) is 0 Å². The third kappa shape index (κ3) is 2.81. The molecular formula is C11H19N5S. The third-order valence-corrected chi connectivity index (χ3v) is 3.57. The Morgan fingerprint density at radius 2 is 2.24 bits per heavy atom. The fourth-order valence-corrected chi connectivity index (χ4v) is 2.42. The highest BCUT2D eigenvalue weighted by Crippen LogP contribution is 2.32. The maximum atomic E-state index is 5.43. The van der Waals surface area contributed by atoms with Crippen molar-refractivity contribution in [3.63, 3.8) is 0 Å². The maximum Gasteiger partial charge on any atom is 0.191 e. The predicted octanol–water partition coefficient (Wildman–Crippen LogP) is 1.72. The molecule has 1 aliphatic heterocycles. The van der Waals surface area contributed by atoms with Gasteiger partial charge in [-0.25, -0.2) is 15.8 Å². The summed E-state index contributed by atoms with van der Waals surface area (Å²) in [5, 5.41) is 0.750. The van der Waals surface area contributed by atoms with Crippen LogP contribution in [0.5, 0.6) is 0 Å². The number of nitrogens with one attached hydrogen (secondary N) is 1. The predicted molar refractivity (Wildman–Crippen MR) is 72.2 cm³/mol. The Morgan fingerprint density at radius 3 is 2.76 bits per heavy atom. The molecular weight excluding hydrogens is 234 g/mol. The lowest BCUT2D eigenvalue weighted by molar-refractivity contribution is 0.418. The summed E-state index contributed by atoms with van der Waals surface area (Å²) >= 11 is 1.53. The van der Waals surface area contributed by atoms with E-state index in [1.807, 2.05) is 12.3 Å². The molecule has 2 heterocycles. The molecule has 94 valence electrons. The molecule has 17 heavy (non-hydrogen) atoms. The van der Waals surface area contributed by atoms with E-state index < -0.39 is 0 Å². The molecule has 2 rings (SSSR count). The molecule has 0 aliphatic carbocycles. The number of nitrogens with two attached hydrogens (primary N) is 1. The smallest absolute Gasteiger partial charge is 0.191 e. The molecule has 0 unspecified atom stereocenters. The first kappa shape index (κ1) is 12.4. The highest BCUT2D eigenvalue weighted by Gasteiger charge is 2.30. The van der Waals surface area contributed by atoms with Crippen molar-refractivity contribution < 1.29 is 0 Å². The number of anilines is 2. The van der Waals surface area contributed by atoms with Gasteiger partial charge >= 0.3 is 0 Å². The van der Waals surface area contributed by atoms with Crippen molar-refractivity contribution in [3.05, 3.63) is 6.07 Å². The Bertz CT molecular complexity index is 385. The van der Waals surface area contributed by atoms with Gasteiger partial charge in [0, 0.05) is 19.2 Å². The van der Waals surface area contributed by atoms with E-state index in [2.05, 4.69) is 34.1 Å². The van der Waals surface area contributed by atoms with Crippen molar-refractivity contribution in [3.8, 4) is 0 Å². The largest absolute Gasteiger partial charge is 0.356 e. The number of thioether (sulfide) groups is 1. The first-order valence-corrected chi connectivity index (χ1v) is 6.91. The van der Waals surface area contributed by atoms with Crippen molar-refractivity contribution in [1.82, 2.24) is 9.97 Å². The molecule has 6 heteroatoms. The normalized spacial score (nSPS) is 18.5. The number of hydrogen-bond acceptors (Lipinski definition) is 6. The van der Waals surface area contributed by atoms with E-state index in [1.54, 1.807) is 0 Å². The number of rotatable bonds is 3. The molecule has 0 saturated carbocycles. The molecule has 5 nitrogen and oxygen atoms in total. The van der Waals surface area contributed by atoms with Crippen LogP contribution in [0.25, 0.3) is 0 Å². The first-order valence-electron chi connectivity index (χ1n) is 5.69. The van der Waals surface area contributed by atoms with Gasteiger partial charge in [0.2, 0.25) is 0 Å². The molecule has 1 aromatic rings. The molecule has 0 spiro atoms. The van der Waals surface area contributed by atoms with Crippen molar-refractivity contribution in [2.45, 2.75) is 25.4 Å².